The Hall–Kier alpha value is -2.31. The molecule has 1 aromatic carbocycles. The van der Waals surface area contributed by atoms with Crippen molar-refractivity contribution in [2.24, 2.45) is 17.3 Å². The first-order valence-corrected chi connectivity index (χ1v) is 13.0. The lowest BCUT2D eigenvalue weighted by Gasteiger charge is -2.34. The summed E-state index contributed by atoms with van der Waals surface area (Å²) in [5.41, 5.74) is 0.830. The number of benzene rings is 1. The minimum Gasteiger partial charge on any atom is -0.477 e. The standard InChI is InChI=1S/C27H33Cl2N3O3/c1-18(2)25(33)31-12-10-20(11-13-31)26(34)32-15-23(19-4-6-21(28)7-5-19)27(3,16-32)17-35-24-9-8-22(29)14-30-24/h4-9,14,18,20,23H,10-13,15-17H2,1-3H3/t23-,27-/m1/s1. The van der Waals surface area contributed by atoms with Crippen LogP contribution >= 0.6 is 23.2 Å². The van der Waals surface area contributed by atoms with Crippen molar-refractivity contribution in [2.75, 3.05) is 32.8 Å². The van der Waals surface area contributed by atoms with E-state index in [0.29, 0.717) is 61.6 Å². The van der Waals surface area contributed by atoms with Crippen LogP contribution in [0.15, 0.2) is 42.6 Å². The first-order chi connectivity index (χ1) is 16.7. The van der Waals surface area contributed by atoms with E-state index in [9.17, 15) is 9.59 Å². The number of piperidine rings is 1. The SMILES string of the molecule is CC(C)C(=O)N1CCC(C(=O)N2C[C@H](c3ccc(Cl)cc3)[C@@](C)(COc3ccc(Cl)cn3)C2)CC1. The molecule has 2 atom stereocenters. The lowest BCUT2D eigenvalue weighted by atomic mass is 9.77. The molecule has 0 aliphatic carbocycles. The Labute approximate surface area is 217 Å². The Morgan fingerprint density at radius 2 is 1.71 bits per heavy atom. The molecule has 0 bridgehead atoms. The van der Waals surface area contributed by atoms with Crippen LogP contribution in [0.2, 0.25) is 10.0 Å². The fourth-order valence-corrected chi connectivity index (χ4v) is 5.46. The summed E-state index contributed by atoms with van der Waals surface area (Å²) in [4.78, 5) is 34.1. The van der Waals surface area contributed by atoms with Gasteiger partial charge in [-0.3, -0.25) is 9.59 Å². The number of likely N-dealkylation sites (tertiary alicyclic amines) is 2. The first kappa shape index (κ1) is 25.8. The van der Waals surface area contributed by atoms with E-state index in [2.05, 4.69) is 11.9 Å². The molecule has 2 aliphatic heterocycles. The van der Waals surface area contributed by atoms with Gasteiger partial charge < -0.3 is 14.5 Å². The average molecular weight is 518 g/mol. The number of carbonyl (C=O) groups excluding carboxylic acids is 2. The summed E-state index contributed by atoms with van der Waals surface area (Å²) in [6.45, 7) is 8.93. The van der Waals surface area contributed by atoms with E-state index < -0.39 is 0 Å². The Morgan fingerprint density at radius 3 is 2.31 bits per heavy atom. The molecule has 3 heterocycles. The number of hydrogen-bond acceptors (Lipinski definition) is 4. The van der Waals surface area contributed by atoms with Crippen molar-refractivity contribution < 1.29 is 14.3 Å². The number of halogens is 2. The van der Waals surface area contributed by atoms with Gasteiger partial charge in [-0.25, -0.2) is 4.98 Å². The molecule has 2 aliphatic rings. The Morgan fingerprint density at radius 1 is 1.06 bits per heavy atom. The summed E-state index contributed by atoms with van der Waals surface area (Å²) in [6.07, 6.45) is 2.99. The molecule has 6 nitrogen and oxygen atoms in total. The van der Waals surface area contributed by atoms with Gasteiger partial charge in [0.1, 0.15) is 0 Å². The largest absolute Gasteiger partial charge is 0.477 e. The zero-order valence-electron chi connectivity index (χ0n) is 20.5. The van der Waals surface area contributed by atoms with Crippen LogP contribution in [-0.4, -0.2) is 59.4 Å². The highest BCUT2D eigenvalue weighted by atomic mass is 35.5. The predicted octanol–water partition coefficient (Wildman–Crippen LogP) is 5.29. The van der Waals surface area contributed by atoms with Crippen molar-refractivity contribution >= 4 is 35.0 Å². The van der Waals surface area contributed by atoms with Crippen LogP contribution in [-0.2, 0) is 9.59 Å². The molecule has 188 valence electrons. The summed E-state index contributed by atoms with van der Waals surface area (Å²) in [5, 5.41) is 1.24. The maximum atomic E-state index is 13.6. The molecule has 2 amide bonds. The highest BCUT2D eigenvalue weighted by Gasteiger charge is 2.47. The Bertz CT molecular complexity index is 1040. The van der Waals surface area contributed by atoms with E-state index in [-0.39, 0.29) is 35.0 Å². The lowest BCUT2D eigenvalue weighted by Crippen LogP contribution is -2.45. The summed E-state index contributed by atoms with van der Waals surface area (Å²) in [7, 11) is 0. The van der Waals surface area contributed by atoms with Gasteiger partial charge in [0.2, 0.25) is 17.7 Å². The second-order valence-corrected chi connectivity index (χ2v) is 11.2. The average Bonchev–Trinajstić information content (AvgIpc) is 3.21. The molecule has 2 aromatic rings. The number of amides is 2. The maximum Gasteiger partial charge on any atom is 0.225 e. The van der Waals surface area contributed by atoms with Gasteiger partial charge in [0, 0.05) is 66.6 Å². The summed E-state index contributed by atoms with van der Waals surface area (Å²) < 4.78 is 6.08. The number of ether oxygens (including phenoxy) is 1. The third kappa shape index (κ3) is 5.92. The topological polar surface area (TPSA) is 62.7 Å². The van der Waals surface area contributed by atoms with E-state index in [0.717, 1.165) is 5.56 Å². The smallest absolute Gasteiger partial charge is 0.225 e. The van der Waals surface area contributed by atoms with E-state index in [4.69, 9.17) is 27.9 Å². The fraction of sp³-hybridized carbons (Fsp3) is 0.519. The van der Waals surface area contributed by atoms with Gasteiger partial charge in [0.15, 0.2) is 0 Å². The Kier molecular flexibility index (Phi) is 7.92. The van der Waals surface area contributed by atoms with Gasteiger partial charge in [-0.1, -0.05) is 56.1 Å². The number of hydrogen-bond donors (Lipinski definition) is 0. The van der Waals surface area contributed by atoms with Crippen LogP contribution in [0.4, 0.5) is 0 Å². The maximum absolute atomic E-state index is 13.6. The van der Waals surface area contributed by atoms with Crippen molar-refractivity contribution in [1.29, 1.82) is 0 Å². The van der Waals surface area contributed by atoms with E-state index >= 15 is 0 Å². The number of aromatic nitrogens is 1. The van der Waals surface area contributed by atoms with E-state index in [1.807, 2.05) is 47.9 Å². The molecular formula is C27H33Cl2N3O3. The molecule has 8 heteroatoms. The fourth-order valence-electron chi connectivity index (χ4n) is 5.23. The third-order valence-corrected chi connectivity index (χ3v) is 7.76. The number of nitrogens with zero attached hydrogens (tertiary/aromatic N) is 3. The van der Waals surface area contributed by atoms with Crippen LogP contribution in [0.25, 0.3) is 0 Å². The van der Waals surface area contributed by atoms with Gasteiger partial charge in [0.25, 0.3) is 0 Å². The van der Waals surface area contributed by atoms with Crippen LogP contribution in [0.3, 0.4) is 0 Å². The van der Waals surface area contributed by atoms with Crippen LogP contribution < -0.4 is 4.74 Å². The molecule has 0 spiro atoms. The predicted molar refractivity (Wildman–Crippen MR) is 138 cm³/mol. The van der Waals surface area contributed by atoms with Crippen molar-refractivity contribution in [3.8, 4) is 5.88 Å². The van der Waals surface area contributed by atoms with Crippen molar-refractivity contribution in [3.05, 3.63) is 58.2 Å². The van der Waals surface area contributed by atoms with Crippen molar-refractivity contribution in [1.82, 2.24) is 14.8 Å². The van der Waals surface area contributed by atoms with Gasteiger partial charge in [-0.15, -0.1) is 0 Å². The van der Waals surface area contributed by atoms with Crippen LogP contribution in [0.5, 0.6) is 5.88 Å². The van der Waals surface area contributed by atoms with Gasteiger partial charge in [-0.2, -0.15) is 0 Å². The molecular weight excluding hydrogens is 485 g/mol. The molecule has 0 unspecified atom stereocenters. The Balaban J connectivity index is 1.48. The van der Waals surface area contributed by atoms with E-state index in [1.165, 1.54) is 0 Å². The molecule has 0 saturated carbocycles. The van der Waals surface area contributed by atoms with Crippen molar-refractivity contribution in [3.63, 3.8) is 0 Å². The van der Waals surface area contributed by atoms with Gasteiger partial charge in [-0.05, 0) is 36.6 Å². The van der Waals surface area contributed by atoms with Crippen LogP contribution in [0, 0.1) is 17.3 Å². The van der Waals surface area contributed by atoms with Crippen LogP contribution in [0.1, 0.15) is 45.1 Å². The highest BCUT2D eigenvalue weighted by Crippen LogP contribution is 2.44. The summed E-state index contributed by atoms with van der Waals surface area (Å²) >= 11 is 12.1. The summed E-state index contributed by atoms with van der Waals surface area (Å²) in [6, 6.07) is 11.4. The molecule has 35 heavy (non-hydrogen) atoms. The normalized spacial score (nSPS) is 23.1. The number of rotatable bonds is 6. The lowest BCUT2D eigenvalue weighted by molar-refractivity contribution is -0.141. The van der Waals surface area contributed by atoms with E-state index in [1.54, 1.807) is 18.3 Å². The zero-order chi connectivity index (χ0) is 25.2. The minimum absolute atomic E-state index is 0.0168. The molecule has 2 fully saturated rings. The quantitative estimate of drug-likeness (QED) is 0.521. The number of pyridine rings is 1. The molecule has 1 aromatic heterocycles. The highest BCUT2D eigenvalue weighted by molar-refractivity contribution is 6.30. The third-order valence-electron chi connectivity index (χ3n) is 7.28. The monoisotopic (exact) mass is 517 g/mol. The molecule has 0 N–H and O–H groups in total. The number of carbonyl (C=O) groups is 2. The van der Waals surface area contributed by atoms with Crippen molar-refractivity contribution in [2.45, 2.75) is 39.5 Å². The molecule has 0 radical (unpaired) electrons. The first-order valence-electron chi connectivity index (χ1n) is 12.2. The van der Waals surface area contributed by atoms with Gasteiger partial charge in [0.05, 0.1) is 11.6 Å². The van der Waals surface area contributed by atoms with Gasteiger partial charge >= 0.3 is 0 Å². The zero-order valence-corrected chi connectivity index (χ0v) is 22.1. The molecule has 4 rings (SSSR count). The second-order valence-electron chi connectivity index (χ2n) is 10.3. The molecule has 2 saturated heterocycles. The summed E-state index contributed by atoms with van der Waals surface area (Å²) in [5.74, 6) is 0.875. The second kappa shape index (κ2) is 10.8. The minimum atomic E-state index is -0.306.